The van der Waals surface area contributed by atoms with Gasteiger partial charge in [0.25, 0.3) is 0 Å². The molecule has 0 amide bonds. The molecule has 2 aromatic rings. The Morgan fingerprint density at radius 1 is 1.35 bits per heavy atom. The molecule has 0 aliphatic carbocycles. The second kappa shape index (κ2) is 5.93. The molecule has 1 N–H and O–H groups in total. The van der Waals surface area contributed by atoms with Crippen molar-refractivity contribution >= 4 is 11.3 Å². The van der Waals surface area contributed by atoms with Gasteiger partial charge in [0.2, 0.25) is 0 Å². The average molecular weight is 250 g/mol. The van der Waals surface area contributed by atoms with E-state index < -0.39 is 0 Å². The van der Waals surface area contributed by atoms with Crippen molar-refractivity contribution in [2.75, 3.05) is 6.54 Å². The first-order chi connectivity index (χ1) is 8.24. The molecule has 0 spiro atoms. The third-order valence-corrected chi connectivity index (χ3v) is 3.42. The van der Waals surface area contributed by atoms with E-state index in [1.54, 1.807) is 12.7 Å². The Labute approximate surface area is 106 Å². The monoisotopic (exact) mass is 250 g/mol. The lowest BCUT2D eigenvalue weighted by atomic mass is 10.2. The Hall–Kier alpha value is -1.20. The quantitative estimate of drug-likeness (QED) is 0.854. The van der Waals surface area contributed by atoms with E-state index in [2.05, 4.69) is 41.4 Å². The summed E-state index contributed by atoms with van der Waals surface area (Å²) >= 11 is 1.83. The van der Waals surface area contributed by atoms with Crippen LogP contribution in [0.2, 0.25) is 0 Å². The van der Waals surface area contributed by atoms with Crippen LogP contribution in [0.1, 0.15) is 23.6 Å². The first-order valence-corrected chi connectivity index (χ1v) is 6.66. The fourth-order valence-electron chi connectivity index (χ4n) is 1.56. The zero-order valence-corrected chi connectivity index (χ0v) is 11.1. The third-order valence-electron chi connectivity index (χ3n) is 2.35. The van der Waals surface area contributed by atoms with Crippen molar-refractivity contribution in [3.05, 3.63) is 34.5 Å². The number of nitrogens with one attached hydrogen (secondary N) is 1. The van der Waals surface area contributed by atoms with Crippen LogP contribution in [0, 0.1) is 5.92 Å². The van der Waals surface area contributed by atoms with E-state index in [1.165, 1.54) is 9.75 Å². The van der Waals surface area contributed by atoms with Crippen molar-refractivity contribution in [2.45, 2.75) is 26.9 Å². The lowest BCUT2D eigenvalue weighted by Gasteiger charge is -2.05. The minimum atomic E-state index is 0.699. The van der Waals surface area contributed by atoms with E-state index in [4.69, 9.17) is 0 Å². The Bertz CT molecular complexity index is 433. The highest BCUT2D eigenvalue weighted by Crippen LogP contribution is 2.17. The number of rotatable bonds is 6. The van der Waals surface area contributed by atoms with Gasteiger partial charge in [0.15, 0.2) is 0 Å². The van der Waals surface area contributed by atoms with Crippen molar-refractivity contribution in [3.8, 4) is 0 Å². The van der Waals surface area contributed by atoms with E-state index in [9.17, 15) is 0 Å². The van der Waals surface area contributed by atoms with Gasteiger partial charge < -0.3 is 5.32 Å². The molecule has 4 nitrogen and oxygen atoms in total. The molecule has 0 saturated heterocycles. The summed E-state index contributed by atoms with van der Waals surface area (Å²) in [5.74, 6) is 0.699. The standard InChI is InChI=1S/C12H18N4S/c1-10(2)5-13-6-11-3-4-12(17-11)7-16-9-14-8-15-16/h3-4,8-10,13H,5-7H2,1-2H3. The first kappa shape index (κ1) is 12.3. The maximum Gasteiger partial charge on any atom is 0.137 e. The summed E-state index contributed by atoms with van der Waals surface area (Å²) in [5.41, 5.74) is 0. The SMILES string of the molecule is CC(C)CNCc1ccc(Cn2cncn2)s1. The molecule has 92 valence electrons. The van der Waals surface area contributed by atoms with Gasteiger partial charge in [-0.25, -0.2) is 9.67 Å². The summed E-state index contributed by atoms with van der Waals surface area (Å²) in [7, 11) is 0. The topological polar surface area (TPSA) is 42.7 Å². The van der Waals surface area contributed by atoms with Crippen LogP contribution in [0.5, 0.6) is 0 Å². The van der Waals surface area contributed by atoms with Gasteiger partial charge in [-0.15, -0.1) is 11.3 Å². The molecule has 0 aliphatic heterocycles. The fourth-order valence-corrected chi connectivity index (χ4v) is 2.54. The molecule has 0 fully saturated rings. The largest absolute Gasteiger partial charge is 0.312 e. The molecular formula is C12H18N4S. The van der Waals surface area contributed by atoms with Gasteiger partial charge in [-0.05, 0) is 24.6 Å². The van der Waals surface area contributed by atoms with E-state index in [0.29, 0.717) is 5.92 Å². The van der Waals surface area contributed by atoms with Crippen molar-refractivity contribution in [3.63, 3.8) is 0 Å². The number of hydrogen-bond donors (Lipinski definition) is 1. The van der Waals surface area contributed by atoms with Gasteiger partial charge in [-0.3, -0.25) is 0 Å². The summed E-state index contributed by atoms with van der Waals surface area (Å²) in [4.78, 5) is 6.63. The molecule has 2 heterocycles. The molecule has 2 rings (SSSR count). The van der Waals surface area contributed by atoms with Crippen LogP contribution in [0.25, 0.3) is 0 Å². The van der Waals surface area contributed by atoms with Crippen LogP contribution in [0.15, 0.2) is 24.8 Å². The molecule has 0 atom stereocenters. The van der Waals surface area contributed by atoms with Crippen molar-refractivity contribution in [2.24, 2.45) is 5.92 Å². The van der Waals surface area contributed by atoms with Gasteiger partial charge in [0, 0.05) is 16.3 Å². The molecule has 0 radical (unpaired) electrons. The molecule has 0 bridgehead atoms. The first-order valence-electron chi connectivity index (χ1n) is 5.85. The van der Waals surface area contributed by atoms with Gasteiger partial charge in [0.05, 0.1) is 6.54 Å². The molecule has 2 aromatic heterocycles. The maximum absolute atomic E-state index is 4.10. The van der Waals surface area contributed by atoms with Crippen molar-refractivity contribution in [1.82, 2.24) is 20.1 Å². The highest BCUT2D eigenvalue weighted by atomic mass is 32.1. The minimum Gasteiger partial charge on any atom is -0.312 e. The lowest BCUT2D eigenvalue weighted by Crippen LogP contribution is -2.18. The zero-order valence-electron chi connectivity index (χ0n) is 10.3. The smallest absolute Gasteiger partial charge is 0.137 e. The number of nitrogens with zero attached hydrogens (tertiary/aromatic N) is 3. The Morgan fingerprint density at radius 3 is 2.88 bits per heavy atom. The molecule has 0 saturated carbocycles. The Morgan fingerprint density at radius 2 is 2.18 bits per heavy atom. The lowest BCUT2D eigenvalue weighted by molar-refractivity contribution is 0.555. The van der Waals surface area contributed by atoms with Crippen LogP contribution in [-0.2, 0) is 13.1 Å². The second-order valence-electron chi connectivity index (χ2n) is 4.49. The summed E-state index contributed by atoms with van der Waals surface area (Å²) in [6.07, 6.45) is 3.31. The van der Waals surface area contributed by atoms with Crippen LogP contribution in [0.4, 0.5) is 0 Å². The number of aromatic nitrogens is 3. The average Bonchev–Trinajstić information content (AvgIpc) is 2.90. The van der Waals surface area contributed by atoms with Crippen LogP contribution >= 0.6 is 11.3 Å². The van der Waals surface area contributed by atoms with Crippen molar-refractivity contribution in [1.29, 1.82) is 0 Å². The minimum absolute atomic E-state index is 0.699. The van der Waals surface area contributed by atoms with Gasteiger partial charge in [-0.2, -0.15) is 5.10 Å². The summed E-state index contributed by atoms with van der Waals surface area (Å²) in [6.45, 7) is 7.28. The predicted octanol–water partition coefficient (Wildman–Crippen LogP) is 2.13. The van der Waals surface area contributed by atoms with Gasteiger partial charge in [-0.1, -0.05) is 13.8 Å². The van der Waals surface area contributed by atoms with Gasteiger partial charge in [0.1, 0.15) is 12.7 Å². The molecule has 0 unspecified atom stereocenters. The molecule has 17 heavy (non-hydrogen) atoms. The van der Waals surface area contributed by atoms with Crippen LogP contribution < -0.4 is 5.32 Å². The molecular weight excluding hydrogens is 232 g/mol. The highest BCUT2D eigenvalue weighted by molar-refractivity contribution is 7.11. The van der Waals surface area contributed by atoms with E-state index in [0.717, 1.165) is 19.6 Å². The van der Waals surface area contributed by atoms with Crippen LogP contribution in [-0.4, -0.2) is 21.3 Å². The summed E-state index contributed by atoms with van der Waals surface area (Å²) in [5, 5.41) is 7.55. The van der Waals surface area contributed by atoms with E-state index in [1.807, 2.05) is 16.0 Å². The van der Waals surface area contributed by atoms with Crippen LogP contribution in [0.3, 0.4) is 0 Å². The molecule has 5 heteroatoms. The van der Waals surface area contributed by atoms with E-state index in [-0.39, 0.29) is 0 Å². The maximum atomic E-state index is 4.10. The third kappa shape index (κ3) is 3.94. The predicted molar refractivity (Wildman–Crippen MR) is 70.0 cm³/mol. The molecule has 0 aromatic carbocycles. The summed E-state index contributed by atoms with van der Waals surface area (Å²) < 4.78 is 1.84. The highest BCUT2D eigenvalue weighted by Gasteiger charge is 2.02. The normalized spacial score (nSPS) is 11.2. The van der Waals surface area contributed by atoms with Crippen molar-refractivity contribution < 1.29 is 0 Å². The Kier molecular flexibility index (Phi) is 4.28. The fraction of sp³-hybridized carbons (Fsp3) is 0.500. The number of thiophene rings is 1. The number of hydrogen-bond acceptors (Lipinski definition) is 4. The van der Waals surface area contributed by atoms with Gasteiger partial charge >= 0.3 is 0 Å². The summed E-state index contributed by atoms with van der Waals surface area (Å²) in [6, 6.07) is 4.35. The molecule has 0 aliphatic rings. The Balaban J connectivity index is 1.83. The zero-order chi connectivity index (χ0) is 12.1. The van der Waals surface area contributed by atoms with E-state index >= 15 is 0 Å². The second-order valence-corrected chi connectivity index (χ2v) is 5.74.